The van der Waals surface area contributed by atoms with Crippen molar-refractivity contribution in [2.24, 2.45) is 17.8 Å². The van der Waals surface area contributed by atoms with Crippen LogP contribution in [0.25, 0.3) is 0 Å². The van der Waals surface area contributed by atoms with Crippen LogP contribution >= 0.6 is 11.8 Å². The van der Waals surface area contributed by atoms with E-state index in [0.29, 0.717) is 22.9 Å². The van der Waals surface area contributed by atoms with Crippen molar-refractivity contribution in [2.75, 3.05) is 5.75 Å². The predicted molar refractivity (Wildman–Crippen MR) is 92.3 cm³/mol. The predicted octanol–water partition coefficient (Wildman–Crippen LogP) is 3.85. The van der Waals surface area contributed by atoms with Gasteiger partial charge in [0.25, 0.3) is 0 Å². The minimum atomic E-state index is -0.151. The third-order valence-electron chi connectivity index (χ3n) is 4.56. The molecule has 130 valence electrons. The summed E-state index contributed by atoms with van der Waals surface area (Å²) in [4.78, 5) is 16.5. The highest BCUT2D eigenvalue weighted by molar-refractivity contribution is 7.99. The van der Waals surface area contributed by atoms with Crippen LogP contribution in [0.4, 0.5) is 0 Å². The molecule has 0 unspecified atom stereocenters. The average Bonchev–Trinajstić information content (AvgIpc) is 2.93. The molecule has 5 nitrogen and oxygen atoms in total. The molecule has 6 heteroatoms. The Morgan fingerprint density at radius 3 is 2.91 bits per heavy atom. The lowest BCUT2D eigenvalue weighted by molar-refractivity contribution is -0.152. The molecule has 3 atom stereocenters. The van der Waals surface area contributed by atoms with E-state index in [1.807, 2.05) is 0 Å². The average molecular weight is 340 g/mol. The third-order valence-corrected chi connectivity index (χ3v) is 5.38. The first kappa shape index (κ1) is 18.3. The van der Waals surface area contributed by atoms with Crippen LogP contribution < -0.4 is 0 Å². The van der Waals surface area contributed by atoms with Gasteiger partial charge in [-0.05, 0) is 37.0 Å². The summed E-state index contributed by atoms with van der Waals surface area (Å²) in [5, 5.41) is 7.66. The van der Waals surface area contributed by atoms with Gasteiger partial charge >= 0.3 is 5.97 Å². The van der Waals surface area contributed by atoms with Crippen molar-refractivity contribution < 1.29 is 9.53 Å². The molecule has 2 rings (SSSR count). The SMILES string of the molecule is CCCc1nc(SCC(=O)O[C@@H]2C[C@H](C)CC[C@H]2C(C)C)n[nH]1. The van der Waals surface area contributed by atoms with Crippen molar-refractivity contribution in [3.8, 4) is 0 Å². The van der Waals surface area contributed by atoms with Crippen molar-refractivity contribution in [1.29, 1.82) is 0 Å². The van der Waals surface area contributed by atoms with Gasteiger partial charge in [-0.15, -0.1) is 5.10 Å². The van der Waals surface area contributed by atoms with Gasteiger partial charge in [0.1, 0.15) is 11.9 Å². The van der Waals surface area contributed by atoms with E-state index in [9.17, 15) is 4.79 Å². The van der Waals surface area contributed by atoms with Crippen LogP contribution in [-0.2, 0) is 16.0 Å². The molecule has 1 fully saturated rings. The van der Waals surface area contributed by atoms with E-state index < -0.39 is 0 Å². The van der Waals surface area contributed by atoms with Gasteiger partial charge < -0.3 is 4.74 Å². The molecule has 1 aliphatic carbocycles. The number of H-pyrrole nitrogens is 1. The lowest BCUT2D eigenvalue weighted by Gasteiger charge is -2.36. The molecule has 0 saturated heterocycles. The first-order chi connectivity index (χ1) is 11.0. The van der Waals surface area contributed by atoms with Gasteiger partial charge in [-0.25, -0.2) is 4.98 Å². The highest BCUT2D eigenvalue weighted by atomic mass is 32.2. The fourth-order valence-corrected chi connectivity index (χ4v) is 3.87. The second-order valence-corrected chi connectivity index (χ2v) is 7.90. The minimum Gasteiger partial charge on any atom is -0.461 e. The van der Waals surface area contributed by atoms with Crippen LogP contribution in [0, 0.1) is 17.8 Å². The van der Waals surface area contributed by atoms with Gasteiger partial charge in [-0.3, -0.25) is 9.89 Å². The largest absolute Gasteiger partial charge is 0.461 e. The Kier molecular flexibility index (Phi) is 6.93. The van der Waals surface area contributed by atoms with Crippen molar-refractivity contribution in [3.05, 3.63) is 5.82 Å². The molecule has 0 amide bonds. The number of aromatic amines is 1. The zero-order valence-electron chi connectivity index (χ0n) is 14.7. The monoisotopic (exact) mass is 339 g/mol. The van der Waals surface area contributed by atoms with Gasteiger partial charge in [-0.1, -0.05) is 45.9 Å². The first-order valence-corrected chi connectivity index (χ1v) is 9.71. The fraction of sp³-hybridized carbons (Fsp3) is 0.824. The standard InChI is InChI=1S/C17H29N3O2S/c1-5-6-15-18-17(20-19-15)23-10-16(21)22-14-9-12(4)7-8-13(14)11(2)3/h11-14H,5-10H2,1-4H3,(H,18,19,20)/t12-,13+,14-/m1/s1. The van der Waals surface area contributed by atoms with Crippen LogP contribution in [-0.4, -0.2) is 33.0 Å². The number of hydrogen-bond donors (Lipinski definition) is 1. The number of rotatable bonds is 7. The molecule has 1 aromatic heterocycles. The number of carbonyl (C=O) groups excluding carboxylic acids is 1. The molecular weight excluding hydrogens is 310 g/mol. The van der Waals surface area contributed by atoms with E-state index >= 15 is 0 Å². The second kappa shape index (κ2) is 8.71. The van der Waals surface area contributed by atoms with E-state index in [2.05, 4.69) is 42.9 Å². The lowest BCUT2D eigenvalue weighted by Crippen LogP contribution is -2.36. The van der Waals surface area contributed by atoms with Gasteiger partial charge in [0.05, 0.1) is 5.75 Å². The number of aryl methyl sites for hydroxylation is 1. The Morgan fingerprint density at radius 1 is 1.43 bits per heavy atom. The van der Waals surface area contributed by atoms with Gasteiger partial charge in [-0.2, -0.15) is 0 Å². The molecule has 0 aromatic carbocycles. The summed E-state index contributed by atoms with van der Waals surface area (Å²) in [6.45, 7) is 8.79. The lowest BCUT2D eigenvalue weighted by atomic mass is 9.75. The van der Waals surface area contributed by atoms with Crippen LogP contribution in [0.3, 0.4) is 0 Å². The van der Waals surface area contributed by atoms with Gasteiger partial charge in [0.2, 0.25) is 5.16 Å². The highest BCUT2D eigenvalue weighted by Crippen LogP contribution is 2.35. The summed E-state index contributed by atoms with van der Waals surface area (Å²) in [6, 6.07) is 0. The third kappa shape index (κ3) is 5.52. The summed E-state index contributed by atoms with van der Waals surface area (Å²) in [7, 11) is 0. The van der Waals surface area contributed by atoms with Gasteiger partial charge in [0, 0.05) is 6.42 Å². The van der Waals surface area contributed by atoms with Crippen LogP contribution in [0.5, 0.6) is 0 Å². The second-order valence-electron chi connectivity index (χ2n) is 6.96. The Balaban J connectivity index is 1.82. The number of ether oxygens (including phenoxy) is 1. The molecule has 1 aliphatic rings. The van der Waals surface area contributed by atoms with Gasteiger partial charge in [0.15, 0.2) is 0 Å². The van der Waals surface area contributed by atoms with E-state index in [0.717, 1.165) is 31.5 Å². The topological polar surface area (TPSA) is 67.9 Å². The quantitative estimate of drug-likeness (QED) is 0.603. The maximum absolute atomic E-state index is 12.2. The zero-order valence-corrected chi connectivity index (χ0v) is 15.5. The number of nitrogens with one attached hydrogen (secondary N) is 1. The number of carbonyl (C=O) groups is 1. The van der Waals surface area contributed by atoms with Crippen LogP contribution in [0.15, 0.2) is 5.16 Å². The Labute approximate surface area is 143 Å². The molecule has 0 bridgehead atoms. The number of thioether (sulfide) groups is 1. The Hall–Kier alpha value is -1.04. The maximum Gasteiger partial charge on any atom is 0.316 e. The summed E-state index contributed by atoms with van der Waals surface area (Å²) in [5.41, 5.74) is 0. The highest BCUT2D eigenvalue weighted by Gasteiger charge is 2.33. The van der Waals surface area contributed by atoms with Crippen molar-refractivity contribution in [2.45, 2.75) is 71.1 Å². The zero-order chi connectivity index (χ0) is 16.8. The number of hydrogen-bond acceptors (Lipinski definition) is 5. The van der Waals surface area contributed by atoms with E-state index in [-0.39, 0.29) is 17.8 Å². The fourth-order valence-electron chi connectivity index (χ4n) is 3.27. The summed E-state index contributed by atoms with van der Waals surface area (Å²) in [5.74, 6) is 2.68. The van der Waals surface area contributed by atoms with Crippen LogP contribution in [0.2, 0.25) is 0 Å². The Bertz CT molecular complexity index is 504. The first-order valence-electron chi connectivity index (χ1n) is 8.73. The molecule has 1 saturated carbocycles. The Morgan fingerprint density at radius 2 is 2.22 bits per heavy atom. The molecule has 1 heterocycles. The van der Waals surface area contributed by atoms with Crippen molar-refractivity contribution in [3.63, 3.8) is 0 Å². The van der Waals surface area contributed by atoms with Crippen molar-refractivity contribution in [1.82, 2.24) is 15.2 Å². The molecule has 23 heavy (non-hydrogen) atoms. The van der Waals surface area contributed by atoms with Crippen molar-refractivity contribution >= 4 is 17.7 Å². The van der Waals surface area contributed by atoms with E-state index in [4.69, 9.17) is 4.74 Å². The summed E-state index contributed by atoms with van der Waals surface area (Å²) >= 11 is 1.35. The van der Waals surface area contributed by atoms with E-state index in [1.165, 1.54) is 18.2 Å². The van der Waals surface area contributed by atoms with Crippen LogP contribution in [0.1, 0.15) is 59.2 Å². The number of esters is 1. The smallest absolute Gasteiger partial charge is 0.316 e. The summed E-state index contributed by atoms with van der Waals surface area (Å²) in [6.07, 6.45) is 5.36. The molecular formula is C17H29N3O2S. The maximum atomic E-state index is 12.2. The van der Waals surface area contributed by atoms with E-state index in [1.54, 1.807) is 0 Å². The molecule has 0 spiro atoms. The number of nitrogens with zero attached hydrogens (tertiary/aromatic N) is 2. The molecule has 0 radical (unpaired) electrons. The minimum absolute atomic E-state index is 0.0645. The number of aromatic nitrogens is 3. The normalized spacial score (nSPS) is 24.8. The molecule has 0 aliphatic heterocycles. The summed E-state index contributed by atoms with van der Waals surface area (Å²) < 4.78 is 5.79. The molecule has 1 aromatic rings. The molecule has 1 N–H and O–H groups in total.